The van der Waals surface area contributed by atoms with Crippen LogP contribution in [0.1, 0.15) is 41.4 Å². The van der Waals surface area contributed by atoms with Gasteiger partial charge in [-0.3, -0.25) is 19.2 Å². The monoisotopic (exact) mass is 618 g/mol. The van der Waals surface area contributed by atoms with E-state index in [2.05, 4.69) is 20.6 Å². The zero-order valence-electron chi connectivity index (χ0n) is 23.2. The topological polar surface area (TPSA) is 118 Å². The van der Waals surface area contributed by atoms with Crippen LogP contribution >= 0.6 is 23.5 Å². The van der Waals surface area contributed by atoms with Gasteiger partial charge in [-0.2, -0.15) is 0 Å². The number of amides is 2. The Morgan fingerprint density at radius 2 is 0.886 bits per heavy atom. The van der Waals surface area contributed by atoms with Crippen LogP contribution in [-0.4, -0.2) is 44.1 Å². The lowest BCUT2D eigenvalue weighted by Gasteiger charge is -2.18. The van der Waals surface area contributed by atoms with Crippen LogP contribution in [0.3, 0.4) is 0 Å². The third kappa shape index (κ3) is 8.06. The third-order valence-corrected chi connectivity index (χ3v) is 8.27. The lowest BCUT2D eigenvalue weighted by molar-refractivity contribution is 0.0892. The Kier molecular flexibility index (Phi) is 10.3. The molecule has 0 aliphatic heterocycles. The van der Waals surface area contributed by atoms with Crippen molar-refractivity contribution >= 4 is 46.9 Å². The van der Waals surface area contributed by atoms with Crippen molar-refractivity contribution in [2.75, 3.05) is 0 Å². The minimum Gasteiger partial charge on any atom is -0.333 e. The van der Waals surface area contributed by atoms with Crippen LogP contribution in [0.5, 0.6) is 0 Å². The summed E-state index contributed by atoms with van der Waals surface area (Å²) < 4.78 is 0. The minimum atomic E-state index is -1.04. The normalized spacial score (nSPS) is 12.0. The van der Waals surface area contributed by atoms with Crippen LogP contribution in [0.2, 0.25) is 0 Å². The molecule has 0 aliphatic carbocycles. The molecule has 0 spiro atoms. The molecule has 1 aromatic heterocycles. The highest BCUT2D eigenvalue weighted by Crippen LogP contribution is 2.27. The average molecular weight is 619 g/mol. The number of ketones is 2. The number of hydrogen-bond acceptors (Lipinski definition) is 8. The van der Waals surface area contributed by atoms with E-state index in [1.165, 1.54) is 6.20 Å². The summed E-state index contributed by atoms with van der Waals surface area (Å²) in [4.78, 5) is 61.9. The summed E-state index contributed by atoms with van der Waals surface area (Å²) >= 11 is 2.04. The minimum absolute atomic E-state index is 0.206. The van der Waals surface area contributed by atoms with Crippen molar-refractivity contribution in [1.82, 2.24) is 20.6 Å². The molecule has 0 unspecified atom stereocenters. The van der Waals surface area contributed by atoms with E-state index in [9.17, 15) is 19.2 Å². The molecule has 44 heavy (non-hydrogen) atoms. The second kappa shape index (κ2) is 14.9. The van der Waals surface area contributed by atoms with Gasteiger partial charge in [-0.05, 0) is 30.3 Å². The van der Waals surface area contributed by atoms with E-state index in [1.54, 1.807) is 127 Å². The number of nitrogens with one attached hydrogen (secondary N) is 2. The van der Waals surface area contributed by atoms with Gasteiger partial charge >= 0.3 is 0 Å². The highest BCUT2D eigenvalue weighted by atomic mass is 32.2. The van der Waals surface area contributed by atoms with Crippen molar-refractivity contribution < 1.29 is 19.2 Å². The first-order valence-corrected chi connectivity index (χ1v) is 15.3. The molecule has 218 valence electrons. The summed E-state index contributed by atoms with van der Waals surface area (Å²) in [5, 5.41) is 4.18. The molecule has 0 aliphatic rings. The molecule has 0 radical (unpaired) electrons. The van der Waals surface area contributed by atoms with E-state index in [4.69, 9.17) is 0 Å². The summed E-state index contributed by atoms with van der Waals surface area (Å²) in [5.74, 6) is -1.46. The molecule has 2 N–H and O–H groups in total. The molecular weight excluding hydrogens is 593 g/mol. The Morgan fingerprint density at radius 1 is 0.500 bits per heavy atom. The molecule has 0 bridgehead atoms. The largest absolute Gasteiger partial charge is 0.333 e. The molecule has 8 nitrogen and oxygen atoms in total. The van der Waals surface area contributed by atoms with Crippen molar-refractivity contribution in [2.45, 2.75) is 20.9 Å². The number of benzene rings is 4. The van der Waals surface area contributed by atoms with Crippen LogP contribution < -0.4 is 10.6 Å². The number of hydrogen-bond donors (Lipinski definition) is 2. The molecule has 5 rings (SSSR count). The van der Waals surface area contributed by atoms with Crippen molar-refractivity contribution in [3.8, 4) is 0 Å². The number of nitrogens with zero attached hydrogens (tertiary/aromatic N) is 2. The van der Waals surface area contributed by atoms with Crippen LogP contribution in [0, 0.1) is 0 Å². The maximum Gasteiger partial charge on any atom is 0.252 e. The predicted molar refractivity (Wildman–Crippen MR) is 171 cm³/mol. The van der Waals surface area contributed by atoms with Crippen LogP contribution in [0.4, 0.5) is 0 Å². The first-order valence-electron chi connectivity index (χ1n) is 13.5. The molecule has 5 aromatic rings. The Bertz CT molecular complexity index is 1610. The summed E-state index contributed by atoms with van der Waals surface area (Å²) in [7, 11) is 0. The molecule has 1 heterocycles. The average Bonchev–Trinajstić information content (AvgIpc) is 3.08. The zero-order chi connectivity index (χ0) is 30.7. The highest BCUT2D eigenvalue weighted by Gasteiger charge is 2.27. The van der Waals surface area contributed by atoms with E-state index in [1.807, 2.05) is 0 Å². The fourth-order valence-electron chi connectivity index (χ4n) is 4.06. The van der Waals surface area contributed by atoms with Gasteiger partial charge in [0, 0.05) is 28.5 Å². The quantitative estimate of drug-likeness (QED) is 0.0580. The van der Waals surface area contributed by atoms with Gasteiger partial charge in [-0.15, -0.1) is 0 Å². The van der Waals surface area contributed by atoms with Gasteiger partial charge < -0.3 is 10.6 Å². The maximum atomic E-state index is 13.5. The Morgan fingerprint density at radius 3 is 1.32 bits per heavy atom. The molecular formula is C34H26N4O4S2. The number of rotatable bonds is 12. The van der Waals surface area contributed by atoms with Crippen molar-refractivity contribution in [1.29, 1.82) is 0 Å². The second-order valence-corrected chi connectivity index (χ2v) is 11.5. The van der Waals surface area contributed by atoms with Gasteiger partial charge in [0.15, 0.2) is 16.7 Å². The molecule has 0 saturated carbocycles. The molecule has 2 amide bonds. The summed E-state index contributed by atoms with van der Waals surface area (Å²) in [6.45, 7) is 0. The molecule has 0 fully saturated rings. The molecule has 0 saturated heterocycles. The Balaban J connectivity index is 1.39. The highest BCUT2D eigenvalue weighted by molar-refractivity contribution is 8.01. The Labute approximate surface area is 262 Å². The third-order valence-electron chi connectivity index (χ3n) is 6.26. The van der Waals surface area contributed by atoms with Crippen LogP contribution in [0.15, 0.2) is 144 Å². The molecule has 10 heteroatoms. The van der Waals surface area contributed by atoms with Gasteiger partial charge in [0.05, 0.1) is 0 Å². The van der Waals surface area contributed by atoms with Crippen LogP contribution in [0.25, 0.3) is 0 Å². The number of aromatic nitrogens is 2. The van der Waals surface area contributed by atoms with Crippen LogP contribution in [-0.2, 0) is 0 Å². The standard InChI is InChI=1S/C34H26N4O4S2/c39-28(23-13-5-1-6-14-23)32(37-30(41)25-17-9-3-10-18-25)43-27-21-22-35-34(36-27)44-33(29(40)24-15-7-2-8-16-24)38-31(42)26-19-11-4-12-20-26/h1-22,32-33H,(H,37,41)(H,38,42)/t32-,33+/m1/s1. The maximum absolute atomic E-state index is 13.5. The molecule has 4 aromatic carbocycles. The van der Waals surface area contributed by atoms with E-state index in [-0.39, 0.29) is 16.7 Å². The predicted octanol–water partition coefficient (Wildman–Crippen LogP) is 5.94. The second-order valence-electron chi connectivity index (χ2n) is 9.31. The van der Waals surface area contributed by atoms with E-state index in [0.29, 0.717) is 27.3 Å². The number of carbonyl (C=O) groups is 4. The van der Waals surface area contributed by atoms with E-state index < -0.39 is 22.6 Å². The van der Waals surface area contributed by atoms with E-state index >= 15 is 0 Å². The number of Topliss-reactive ketones (excluding diaryl/α,β-unsaturated/α-hetero) is 2. The van der Waals surface area contributed by atoms with Gasteiger partial charge in [0.1, 0.15) is 15.8 Å². The number of carbonyl (C=O) groups excluding carboxylic acids is 4. The van der Waals surface area contributed by atoms with Gasteiger partial charge in [0.2, 0.25) is 0 Å². The first kappa shape index (κ1) is 30.4. The molecule has 2 atom stereocenters. The zero-order valence-corrected chi connectivity index (χ0v) is 24.8. The number of thioether (sulfide) groups is 2. The van der Waals surface area contributed by atoms with Crippen molar-refractivity contribution in [3.05, 3.63) is 156 Å². The van der Waals surface area contributed by atoms with Crippen molar-refractivity contribution in [3.63, 3.8) is 0 Å². The van der Waals surface area contributed by atoms with Gasteiger partial charge in [-0.25, -0.2) is 9.97 Å². The lowest BCUT2D eigenvalue weighted by atomic mass is 10.1. The lowest BCUT2D eigenvalue weighted by Crippen LogP contribution is -2.39. The summed E-state index contributed by atoms with van der Waals surface area (Å²) in [5.41, 5.74) is 1.66. The first-order chi connectivity index (χ1) is 21.5. The summed E-state index contributed by atoms with van der Waals surface area (Å²) in [6.07, 6.45) is 1.50. The fraction of sp³-hybridized carbons (Fsp3) is 0.0588. The fourth-order valence-corrected chi connectivity index (χ4v) is 5.94. The van der Waals surface area contributed by atoms with Gasteiger partial charge in [-0.1, -0.05) is 121 Å². The SMILES string of the molecule is O=C(N[C@H](Sc1ccnc(S[C@H](NC(=O)c2ccccc2)C(=O)c2ccccc2)n1)C(=O)c1ccccc1)c1ccccc1. The van der Waals surface area contributed by atoms with E-state index in [0.717, 1.165) is 23.5 Å². The smallest absolute Gasteiger partial charge is 0.252 e. The van der Waals surface area contributed by atoms with Gasteiger partial charge in [0.25, 0.3) is 11.8 Å². The summed E-state index contributed by atoms with van der Waals surface area (Å²) in [6, 6.07) is 36.1. The Hall–Kier alpha value is -5.06. The van der Waals surface area contributed by atoms with Crippen molar-refractivity contribution in [2.24, 2.45) is 0 Å².